The molecule has 0 amide bonds. The van der Waals surface area contributed by atoms with Crippen LogP contribution < -0.4 is 61.6 Å². The minimum Gasteiger partial charge on any atom is -0.545 e. The molecule has 1 aromatic carbocycles. The van der Waals surface area contributed by atoms with Crippen molar-refractivity contribution < 1.29 is 71.2 Å². The van der Waals surface area contributed by atoms with Gasteiger partial charge in [0.1, 0.15) is 0 Å². The zero-order valence-electron chi connectivity index (χ0n) is 6.94. The fourth-order valence-corrected chi connectivity index (χ4v) is 0.839. The van der Waals surface area contributed by atoms with Crippen molar-refractivity contribution in [1.82, 2.24) is 0 Å². The van der Waals surface area contributed by atoms with Gasteiger partial charge in [-0.15, -0.1) is 0 Å². The van der Waals surface area contributed by atoms with Gasteiger partial charge in [0.25, 0.3) is 0 Å². The first-order valence-electron chi connectivity index (χ1n) is 3.14. The Hall–Kier alpha value is -0.204. The molecule has 0 radical (unpaired) electrons. The number of carbonyl (C=O) groups excluding carboxylic acids is 2. The zero-order valence-corrected chi connectivity index (χ0v) is 10.1. The molecule has 0 saturated carbocycles. The number of aromatic carboxylic acids is 2. The maximum absolute atomic E-state index is 10.3. The average molecular weight is 203 g/mol. The topological polar surface area (TPSA) is 80.3 Å². The molecule has 0 aromatic heterocycles. The summed E-state index contributed by atoms with van der Waals surface area (Å²) < 4.78 is 0. The van der Waals surface area contributed by atoms with Gasteiger partial charge in [-0.25, -0.2) is 0 Å². The van der Waals surface area contributed by atoms with Crippen LogP contribution >= 0.6 is 0 Å². The molecule has 4 nitrogen and oxygen atoms in total. The molecule has 0 fully saturated rings. The van der Waals surface area contributed by atoms with Crippen LogP contribution in [-0.4, -0.2) is 11.9 Å². The number of hydrogen-bond acceptors (Lipinski definition) is 4. The summed E-state index contributed by atoms with van der Waals surface area (Å²) in [6.07, 6.45) is 0. The number of hydrogen-bond donors (Lipinski definition) is 0. The minimum absolute atomic E-state index is 0. The smallest absolute Gasteiger partial charge is 0.545 e. The molecule has 0 aliphatic heterocycles. The molecule has 0 aliphatic carbocycles. The Kier molecular flexibility index (Phi) is 5.42. The Morgan fingerprint density at radius 2 is 1.23 bits per heavy atom. The van der Waals surface area contributed by atoms with Gasteiger partial charge in [-0.05, 0) is 0 Å². The molecule has 62 valence electrons. The van der Waals surface area contributed by atoms with E-state index in [1.165, 1.54) is 12.1 Å². The van der Waals surface area contributed by atoms with E-state index in [-0.39, 0.29) is 62.5 Å². The van der Waals surface area contributed by atoms with Crippen molar-refractivity contribution in [2.24, 2.45) is 0 Å². The van der Waals surface area contributed by atoms with Gasteiger partial charge in [-0.3, -0.25) is 0 Å². The van der Waals surface area contributed by atoms with Crippen LogP contribution in [0.5, 0.6) is 0 Å². The second-order valence-corrected chi connectivity index (χ2v) is 2.12. The maximum Gasteiger partial charge on any atom is 1.00 e. The van der Waals surface area contributed by atoms with E-state index in [0.717, 1.165) is 12.1 Å². The summed E-state index contributed by atoms with van der Waals surface area (Å²) in [6.45, 7) is 0. The molecule has 0 atom stereocenters. The first-order chi connectivity index (χ1) is 5.63. The van der Waals surface area contributed by atoms with Crippen molar-refractivity contribution in [1.29, 1.82) is 0 Å². The number of carboxylic acids is 2. The molecule has 0 unspecified atom stereocenters. The summed E-state index contributed by atoms with van der Waals surface area (Å²) in [5.74, 6) is -3.04. The molecule has 0 aliphatic rings. The predicted molar refractivity (Wildman–Crippen MR) is 35.1 cm³/mol. The van der Waals surface area contributed by atoms with Gasteiger partial charge >= 0.3 is 51.4 Å². The van der Waals surface area contributed by atoms with Gasteiger partial charge in [0, 0.05) is 11.1 Å². The number of rotatable bonds is 2. The van der Waals surface area contributed by atoms with Crippen LogP contribution in [-0.2, 0) is 0 Å². The van der Waals surface area contributed by atoms with Crippen molar-refractivity contribution >= 4 is 11.9 Å². The Morgan fingerprint density at radius 3 is 1.46 bits per heavy atom. The van der Waals surface area contributed by atoms with Crippen molar-refractivity contribution in [3.05, 3.63) is 35.4 Å². The predicted octanol–water partition coefficient (Wildman–Crippen LogP) is -4.58. The molecule has 0 heterocycles. The van der Waals surface area contributed by atoms with Gasteiger partial charge in [-0.2, -0.15) is 0 Å². The maximum atomic E-state index is 10.3. The van der Waals surface area contributed by atoms with Gasteiger partial charge in [0.15, 0.2) is 0 Å². The van der Waals surface area contributed by atoms with E-state index in [2.05, 4.69) is 0 Å². The van der Waals surface area contributed by atoms with Crippen molar-refractivity contribution in [3.8, 4) is 0 Å². The average Bonchev–Trinajstić information content (AvgIpc) is 2.04. The minimum atomic E-state index is -1.52. The molecule has 0 spiro atoms. The summed E-state index contributed by atoms with van der Waals surface area (Å²) in [5.41, 5.74) is -0.727. The fourth-order valence-electron chi connectivity index (χ4n) is 0.839. The van der Waals surface area contributed by atoms with E-state index < -0.39 is 11.9 Å². The van der Waals surface area contributed by atoms with Gasteiger partial charge in [-0.1, -0.05) is 24.3 Å². The van der Waals surface area contributed by atoms with E-state index in [1.54, 1.807) is 0 Å². The summed E-state index contributed by atoms with van der Waals surface area (Å²) in [5, 5.41) is 20.6. The summed E-state index contributed by atoms with van der Waals surface area (Å²) in [4.78, 5) is 20.6. The first kappa shape index (κ1) is 12.8. The van der Waals surface area contributed by atoms with E-state index >= 15 is 0 Å². The van der Waals surface area contributed by atoms with E-state index in [4.69, 9.17) is 0 Å². The molecule has 0 N–H and O–H groups in total. The third-order valence-electron chi connectivity index (χ3n) is 1.37. The largest absolute Gasteiger partial charge is 1.00 e. The Bertz CT molecular complexity index is 302. The van der Waals surface area contributed by atoms with Crippen LogP contribution in [0.15, 0.2) is 24.3 Å². The molecule has 13 heavy (non-hydrogen) atoms. The molecule has 1 aromatic rings. The quantitative estimate of drug-likeness (QED) is 0.453. The van der Waals surface area contributed by atoms with Crippen molar-refractivity contribution in [2.75, 3.05) is 0 Å². The van der Waals surface area contributed by atoms with Crippen LogP contribution in [0.2, 0.25) is 0 Å². The van der Waals surface area contributed by atoms with Gasteiger partial charge < -0.3 is 19.8 Å². The monoisotopic (exact) mass is 203 g/mol. The van der Waals surface area contributed by atoms with E-state index in [0.29, 0.717) is 0 Å². The summed E-state index contributed by atoms with van der Waals surface area (Å²) in [6, 6.07) is 5.14. The number of carboxylic acid groups (broad SMARTS) is 2. The Labute approximate surface area is 117 Å². The Balaban J connectivity index is 0.00000144. The second-order valence-electron chi connectivity index (χ2n) is 2.12. The van der Waals surface area contributed by atoms with E-state index in [1.807, 2.05) is 0 Å². The number of carbonyl (C=O) groups is 2. The molecule has 5 heteroatoms. The van der Waals surface area contributed by atoms with Crippen molar-refractivity contribution in [2.45, 2.75) is 0 Å². The molecule has 0 bridgehead atoms. The SMILES string of the molecule is O=C([O-])c1ccccc1C(=O)[O-].[K+]. The number of benzene rings is 1. The van der Waals surface area contributed by atoms with Gasteiger partial charge in [0.2, 0.25) is 0 Å². The van der Waals surface area contributed by atoms with Crippen LogP contribution in [0.25, 0.3) is 0 Å². The standard InChI is InChI=1S/C8H6O4.K/c9-7(10)5-3-1-2-4-6(5)8(11)12;/h1-4H,(H,9,10)(H,11,12);/q;+1/p-2. The fraction of sp³-hybridized carbons (Fsp3) is 0. The van der Waals surface area contributed by atoms with Crippen molar-refractivity contribution in [3.63, 3.8) is 0 Å². The third-order valence-corrected chi connectivity index (χ3v) is 1.37. The second kappa shape index (κ2) is 5.51. The normalized spacial score (nSPS) is 8.62. The summed E-state index contributed by atoms with van der Waals surface area (Å²) in [7, 11) is 0. The molecular weight excluding hydrogens is 199 g/mol. The summed E-state index contributed by atoms with van der Waals surface area (Å²) >= 11 is 0. The van der Waals surface area contributed by atoms with Crippen LogP contribution in [0, 0.1) is 0 Å². The van der Waals surface area contributed by atoms with Crippen LogP contribution in [0.4, 0.5) is 0 Å². The molecule has 1 rings (SSSR count). The molecular formula is C8H4KO4-. The zero-order chi connectivity index (χ0) is 9.14. The Morgan fingerprint density at radius 1 is 0.923 bits per heavy atom. The molecule has 0 saturated heterocycles. The van der Waals surface area contributed by atoms with E-state index in [9.17, 15) is 19.8 Å². The van der Waals surface area contributed by atoms with Crippen LogP contribution in [0.3, 0.4) is 0 Å². The first-order valence-corrected chi connectivity index (χ1v) is 3.14. The third kappa shape index (κ3) is 3.20. The van der Waals surface area contributed by atoms with Crippen LogP contribution in [0.1, 0.15) is 20.7 Å². The van der Waals surface area contributed by atoms with Gasteiger partial charge in [0.05, 0.1) is 11.9 Å².